The van der Waals surface area contributed by atoms with Crippen LogP contribution in [0, 0.1) is 4.77 Å². The summed E-state index contributed by atoms with van der Waals surface area (Å²) in [6, 6.07) is 10.1. The molecule has 0 radical (unpaired) electrons. The standard InChI is InChI=1S/C17H21N3O4S/c1-17(2)23-11-12(22-15(21-3)13(11)24-17)14-18-19-16(25)20(14)9-10-7-5-4-6-8-10/h4-8,11-13,15H,9H2,1-3H3,(H,19,25). The molecule has 134 valence electrons. The summed E-state index contributed by atoms with van der Waals surface area (Å²) in [5.41, 5.74) is 1.13. The van der Waals surface area contributed by atoms with Gasteiger partial charge in [0.1, 0.15) is 18.3 Å². The summed E-state index contributed by atoms with van der Waals surface area (Å²) in [5.74, 6) is -0.00407. The van der Waals surface area contributed by atoms with Crippen LogP contribution in [0.5, 0.6) is 0 Å². The Hall–Kier alpha value is -1.58. The van der Waals surface area contributed by atoms with E-state index in [1.54, 1.807) is 7.11 Å². The van der Waals surface area contributed by atoms with Crippen molar-refractivity contribution in [2.24, 2.45) is 0 Å². The molecule has 3 heterocycles. The summed E-state index contributed by atoms with van der Waals surface area (Å²) in [7, 11) is 1.60. The van der Waals surface area contributed by atoms with Crippen LogP contribution in [0.25, 0.3) is 0 Å². The Morgan fingerprint density at radius 2 is 1.96 bits per heavy atom. The molecular formula is C17H21N3O4S. The summed E-state index contributed by atoms with van der Waals surface area (Å²) < 4.78 is 25.9. The number of hydrogen-bond donors (Lipinski definition) is 1. The van der Waals surface area contributed by atoms with Crippen molar-refractivity contribution in [3.63, 3.8) is 0 Å². The molecule has 7 nitrogen and oxygen atoms in total. The number of benzene rings is 1. The fourth-order valence-corrected chi connectivity index (χ4v) is 3.63. The number of aromatic nitrogens is 3. The SMILES string of the molecule is COC1OC(c2n[nH]c(=S)n2Cc2ccccc2)C2OC(C)(C)OC12. The Labute approximate surface area is 150 Å². The van der Waals surface area contributed by atoms with E-state index in [1.807, 2.05) is 48.7 Å². The first-order valence-electron chi connectivity index (χ1n) is 8.21. The van der Waals surface area contributed by atoms with Gasteiger partial charge in [-0.1, -0.05) is 30.3 Å². The highest BCUT2D eigenvalue weighted by Crippen LogP contribution is 2.44. The molecule has 2 saturated heterocycles. The topological polar surface area (TPSA) is 70.5 Å². The van der Waals surface area contributed by atoms with E-state index in [1.165, 1.54) is 0 Å². The van der Waals surface area contributed by atoms with Crippen LogP contribution in [0.15, 0.2) is 30.3 Å². The number of methoxy groups -OCH3 is 1. The summed E-state index contributed by atoms with van der Waals surface area (Å²) in [6.07, 6.45) is -1.54. The highest BCUT2D eigenvalue weighted by atomic mass is 32.1. The third kappa shape index (κ3) is 3.04. The van der Waals surface area contributed by atoms with Gasteiger partial charge >= 0.3 is 0 Å². The summed E-state index contributed by atoms with van der Waals surface area (Å²) in [6.45, 7) is 4.37. The first kappa shape index (κ1) is 16.9. The van der Waals surface area contributed by atoms with E-state index in [-0.39, 0.29) is 12.2 Å². The third-order valence-electron chi connectivity index (χ3n) is 4.47. The molecule has 2 fully saturated rings. The van der Waals surface area contributed by atoms with Gasteiger partial charge in [-0.3, -0.25) is 9.67 Å². The number of ether oxygens (including phenoxy) is 4. The molecule has 2 aromatic rings. The lowest BCUT2D eigenvalue weighted by molar-refractivity contribution is -0.229. The maximum absolute atomic E-state index is 6.06. The molecule has 0 bridgehead atoms. The molecule has 4 rings (SSSR count). The second-order valence-corrected chi connectivity index (χ2v) is 7.07. The van der Waals surface area contributed by atoms with E-state index in [4.69, 9.17) is 31.2 Å². The van der Waals surface area contributed by atoms with Gasteiger partial charge in [-0.05, 0) is 31.6 Å². The second-order valence-electron chi connectivity index (χ2n) is 6.68. The van der Waals surface area contributed by atoms with Gasteiger partial charge in [0.2, 0.25) is 0 Å². The van der Waals surface area contributed by atoms with Crippen molar-refractivity contribution in [1.29, 1.82) is 0 Å². The Balaban J connectivity index is 1.67. The van der Waals surface area contributed by atoms with Gasteiger partial charge in [-0.15, -0.1) is 0 Å². The minimum atomic E-state index is -0.689. The van der Waals surface area contributed by atoms with Gasteiger partial charge in [-0.2, -0.15) is 5.10 Å². The Kier molecular flexibility index (Phi) is 4.25. The predicted octanol–water partition coefficient (Wildman–Crippen LogP) is 2.55. The Morgan fingerprint density at radius 1 is 1.24 bits per heavy atom. The maximum atomic E-state index is 6.06. The van der Waals surface area contributed by atoms with Crippen molar-refractivity contribution in [3.05, 3.63) is 46.5 Å². The molecule has 4 atom stereocenters. The normalized spacial score (nSPS) is 30.5. The summed E-state index contributed by atoms with van der Waals surface area (Å²) in [4.78, 5) is 0. The van der Waals surface area contributed by atoms with Crippen LogP contribution in [0.1, 0.15) is 31.3 Å². The first-order valence-corrected chi connectivity index (χ1v) is 8.62. The molecule has 0 aliphatic carbocycles. The van der Waals surface area contributed by atoms with Gasteiger partial charge < -0.3 is 18.9 Å². The number of rotatable bonds is 4. The quantitative estimate of drug-likeness (QED) is 0.842. The van der Waals surface area contributed by atoms with Gasteiger partial charge in [0.15, 0.2) is 22.7 Å². The lowest BCUT2D eigenvalue weighted by Crippen LogP contribution is -2.30. The van der Waals surface area contributed by atoms with Crippen LogP contribution in [-0.4, -0.2) is 46.2 Å². The van der Waals surface area contributed by atoms with E-state index < -0.39 is 18.2 Å². The lowest BCUT2D eigenvalue weighted by atomic mass is 10.1. The molecule has 25 heavy (non-hydrogen) atoms. The van der Waals surface area contributed by atoms with Gasteiger partial charge in [0, 0.05) is 7.11 Å². The van der Waals surface area contributed by atoms with E-state index in [0.717, 1.165) is 5.56 Å². The molecular weight excluding hydrogens is 342 g/mol. The van der Waals surface area contributed by atoms with Gasteiger partial charge in [-0.25, -0.2) is 0 Å². The zero-order chi connectivity index (χ0) is 17.6. The van der Waals surface area contributed by atoms with Crippen LogP contribution >= 0.6 is 12.2 Å². The molecule has 8 heteroatoms. The average Bonchev–Trinajstić information content (AvgIpc) is 3.20. The van der Waals surface area contributed by atoms with Crippen LogP contribution < -0.4 is 0 Å². The predicted molar refractivity (Wildman–Crippen MR) is 91.4 cm³/mol. The Morgan fingerprint density at radius 3 is 2.68 bits per heavy atom. The average molecular weight is 363 g/mol. The van der Waals surface area contributed by atoms with Crippen molar-refractivity contribution in [2.75, 3.05) is 7.11 Å². The van der Waals surface area contributed by atoms with Crippen molar-refractivity contribution in [2.45, 2.75) is 50.8 Å². The summed E-state index contributed by atoms with van der Waals surface area (Å²) in [5, 5.41) is 7.27. The molecule has 1 aromatic heterocycles. The maximum Gasteiger partial charge on any atom is 0.195 e. The third-order valence-corrected chi connectivity index (χ3v) is 4.78. The Bertz CT molecular complexity index is 804. The zero-order valence-electron chi connectivity index (χ0n) is 14.3. The second kappa shape index (κ2) is 6.30. The molecule has 2 aliphatic rings. The molecule has 4 unspecified atom stereocenters. The molecule has 1 aromatic carbocycles. The van der Waals surface area contributed by atoms with Crippen LogP contribution in [0.2, 0.25) is 0 Å². The fourth-order valence-electron chi connectivity index (χ4n) is 3.42. The smallest absolute Gasteiger partial charge is 0.195 e. The molecule has 0 spiro atoms. The molecule has 0 amide bonds. The van der Waals surface area contributed by atoms with Crippen molar-refractivity contribution in [3.8, 4) is 0 Å². The molecule has 0 saturated carbocycles. The van der Waals surface area contributed by atoms with Crippen LogP contribution in [0.4, 0.5) is 0 Å². The number of aromatic amines is 1. The van der Waals surface area contributed by atoms with E-state index in [2.05, 4.69) is 10.2 Å². The van der Waals surface area contributed by atoms with E-state index in [0.29, 0.717) is 17.1 Å². The van der Waals surface area contributed by atoms with E-state index in [9.17, 15) is 0 Å². The van der Waals surface area contributed by atoms with Gasteiger partial charge in [0.05, 0.1) is 6.54 Å². The summed E-state index contributed by atoms with van der Waals surface area (Å²) >= 11 is 5.42. The zero-order valence-corrected chi connectivity index (χ0v) is 15.2. The molecule has 1 N–H and O–H groups in total. The monoisotopic (exact) mass is 363 g/mol. The van der Waals surface area contributed by atoms with Crippen molar-refractivity contribution < 1.29 is 18.9 Å². The number of nitrogens with zero attached hydrogens (tertiary/aromatic N) is 2. The fraction of sp³-hybridized carbons (Fsp3) is 0.529. The highest BCUT2D eigenvalue weighted by molar-refractivity contribution is 7.71. The van der Waals surface area contributed by atoms with E-state index >= 15 is 0 Å². The van der Waals surface area contributed by atoms with Crippen molar-refractivity contribution in [1.82, 2.24) is 14.8 Å². The minimum absolute atomic E-state index is 0.305. The molecule has 2 aliphatic heterocycles. The number of fused-ring (bicyclic) bond motifs is 1. The van der Waals surface area contributed by atoms with Crippen molar-refractivity contribution >= 4 is 12.2 Å². The minimum Gasteiger partial charge on any atom is -0.353 e. The van der Waals surface area contributed by atoms with Crippen LogP contribution in [-0.2, 0) is 25.5 Å². The highest BCUT2D eigenvalue weighted by Gasteiger charge is 2.57. The van der Waals surface area contributed by atoms with Crippen LogP contribution in [0.3, 0.4) is 0 Å². The number of hydrogen-bond acceptors (Lipinski definition) is 6. The number of nitrogens with one attached hydrogen (secondary N) is 1. The van der Waals surface area contributed by atoms with Gasteiger partial charge in [0.25, 0.3) is 0 Å². The first-order chi connectivity index (χ1) is 12.0. The number of H-pyrrole nitrogens is 1. The largest absolute Gasteiger partial charge is 0.353 e. The lowest BCUT2D eigenvalue weighted by Gasteiger charge is -2.23.